The van der Waals surface area contributed by atoms with E-state index in [0.717, 1.165) is 25.7 Å². The molecule has 0 saturated heterocycles. The van der Waals surface area contributed by atoms with Crippen molar-refractivity contribution < 1.29 is 9.90 Å². The second-order valence-corrected chi connectivity index (χ2v) is 5.12. The van der Waals surface area contributed by atoms with Gasteiger partial charge in [-0.15, -0.1) is 0 Å². The van der Waals surface area contributed by atoms with E-state index in [2.05, 4.69) is 10.6 Å². The summed E-state index contributed by atoms with van der Waals surface area (Å²) in [5.74, 6) is 0. The largest absolute Gasteiger partial charge is 0.388 e. The van der Waals surface area contributed by atoms with Gasteiger partial charge in [-0.25, -0.2) is 4.79 Å². The average molecular weight is 228 g/mol. The third-order valence-electron chi connectivity index (χ3n) is 3.03. The van der Waals surface area contributed by atoms with Crippen molar-refractivity contribution >= 4 is 6.03 Å². The smallest absolute Gasteiger partial charge is 0.315 e. The van der Waals surface area contributed by atoms with Crippen LogP contribution in [-0.2, 0) is 0 Å². The average Bonchev–Trinajstić information content (AvgIpc) is 2.40. The van der Waals surface area contributed by atoms with Crippen molar-refractivity contribution in [2.75, 3.05) is 6.54 Å². The number of urea groups is 1. The molecule has 0 aromatic carbocycles. The maximum absolute atomic E-state index is 11.4. The Morgan fingerprint density at radius 3 is 2.31 bits per heavy atom. The van der Waals surface area contributed by atoms with Gasteiger partial charge in [-0.3, -0.25) is 0 Å². The Kier molecular flexibility index (Phi) is 5.06. The topological polar surface area (TPSA) is 61.4 Å². The van der Waals surface area contributed by atoms with Crippen LogP contribution in [0.3, 0.4) is 0 Å². The number of rotatable bonds is 3. The Morgan fingerprint density at radius 1 is 1.25 bits per heavy atom. The number of aliphatic hydroxyl groups is 1. The van der Waals surface area contributed by atoms with Crippen LogP contribution in [0.4, 0.5) is 4.79 Å². The molecule has 1 aliphatic carbocycles. The summed E-state index contributed by atoms with van der Waals surface area (Å²) in [5, 5.41) is 15.8. The fourth-order valence-corrected chi connectivity index (χ4v) is 2.12. The van der Waals surface area contributed by atoms with Gasteiger partial charge in [0.15, 0.2) is 0 Å². The van der Waals surface area contributed by atoms with Crippen LogP contribution in [0.25, 0.3) is 0 Å². The lowest BCUT2D eigenvalue weighted by Gasteiger charge is -2.27. The fourth-order valence-electron chi connectivity index (χ4n) is 2.12. The molecule has 2 amide bonds. The molecule has 0 aliphatic heterocycles. The van der Waals surface area contributed by atoms with Crippen molar-refractivity contribution in [2.45, 2.75) is 64.0 Å². The first-order chi connectivity index (χ1) is 7.52. The Labute approximate surface area is 97.8 Å². The lowest BCUT2D eigenvalue weighted by molar-refractivity contribution is 0.0276. The summed E-state index contributed by atoms with van der Waals surface area (Å²) >= 11 is 0. The van der Waals surface area contributed by atoms with Crippen LogP contribution in [0.1, 0.15) is 52.4 Å². The highest BCUT2D eigenvalue weighted by Gasteiger charge is 2.28. The van der Waals surface area contributed by atoms with Crippen LogP contribution in [0.2, 0.25) is 0 Å². The Bertz CT molecular complexity index is 221. The van der Waals surface area contributed by atoms with E-state index < -0.39 is 5.60 Å². The van der Waals surface area contributed by atoms with E-state index in [1.54, 1.807) is 0 Å². The molecule has 0 radical (unpaired) electrons. The quantitative estimate of drug-likeness (QED) is 0.645. The summed E-state index contributed by atoms with van der Waals surface area (Å²) in [7, 11) is 0. The van der Waals surface area contributed by atoms with Crippen molar-refractivity contribution in [3.63, 3.8) is 0 Å². The summed E-state index contributed by atoms with van der Waals surface area (Å²) in [5.41, 5.74) is -0.690. The van der Waals surface area contributed by atoms with Crippen molar-refractivity contribution in [2.24, 2.45) is 0 Å². The highest BCUT2D eigenvalue weighted by atomic mass is 16.3. The zero-order valence-electron chi connectivity index (χ0n) is 10.4. The minimum Gasteiger partial charge on any atom is -0.388 e. The highest BCUT2D eigenvalue weighted by molar-refractivity contribution is 5.74. The summed E-state index contributed by atoms with van der Waals surface area (Å²) in [6.07, 6.45) is 6.11. The maximum atomic E-state index is 11.4. The molecular weight excluding hydrogens is 204 g/mol. The van der Waals surface area contributed by atoms with Crippen LogP contribution < -0.4 is 10.6 Å². The van der Waals surface area contributed by atoms with E-state index in [9.17, 15) is 9.90 Å². The molecule has 0 heterocycles. The first kappa shape index (κ1) is 13.3. The third kappa shape index (κ3) is 4.84. The van der Waals surface area contributed by atoms with Gasteiger partial charge >= 0.3 is 6.03 Å². The number of hydrogen-bond acceptors (Lipinski definition) is 2. The van der Waals surface area contributed by atoms with Crippen LogP contribution in [-0.4, -0.2) is 29.3 Å². The minimum atomic E-state index is -0.690. The molecule has 1 fully saturated rings. The predicted molar refractivity (Wildman–Crippen MR) is 64.3 cm³/mol. The van der Waals surface area contributed by atoms with Gasteiger partial charge in [0, 0.05) is 12.6 Å². The molecule has 1 aliphatic rings. The SMILES string of the molecule is CC(C)NC(=O)NCC1(O)CCCCCC1. The van der Waals surface area contributed by atoms with E-state index in [4.69, 9.17) is 0 Å². The fraction of sp³-hybridized carbons (Fsp3) is 0.917. The molecule has 3 N–H and O–H groups in total. The number of nitrogens with one attached hydrogen (secondary N) is 2. The monoisotopic (exact) mass is 228 g/mol. The summed E-state index contributed by atoms with van der Waals surface area (Å²) < 4.78 is 0. The van der Waals surface area contributed by atoms with Crippen molar-refractivity contribution in [1.82, 2.24) is 10.6 Å². The molecule has 16 heavy (non-hydrogen) atoms. The molecule has 4 heteroatoms. The number of amides is 2. The first-order valence-corrected chi connectivity index (χ1v) is 6.29. The molecule has 0 unspecified atom stereocenters. The molecular formula is C12H24N2O2. The van der Waals surface area contributed by atoms with Crippen LogP contribution in [0.15, 0.2) is 0 Å². The van der Waals surface area contributed by atoms with E-state index in [0.29, 0.717) is 6.54 Å². The van der Waals surface area contributed by atoms with Crippen LogP contribution >= 0.6 is 0 Å². The highest BCUT2D eigenvalue weighted by Crippen LogP contribution is 2.26. The second-order valence-electron chi connectivity index (χ2n) is 5.12. The van der Waals surface area contributed by atoms with Gasteiger partial charge in [-0.05, 0) is 26.7 Å². The number of carbonyl (C=O) groups is 1. The maximum Gasteiger partial charge on any atom is 0.315 e. The molecule has 94 valence electrons. The normalized spacial score (nSPS) is 20.2. The third-order valence-corrected chi connectivity index (χ3v) is 3.03. The summed E-state index contributed by atoms with van der Waals surface area (Å²) in [6.45, 7) is 4.20. The molecule has 1 rings (SSSR count). The Hall–Kier alpha value is -0.770. The summed E-state index contributed by atoms with van der Waals surface area (Å²) in [4.78, 5) is 11.4. The molecule has 1 saturated carbocycles. The van der Waals surface area contributed by atoms with Gasteiger partial charge in [0.05, 0.1) is 5.60 Å². The van der Waals surface area contributed by atoms with Crippen LogP contribution in [0, 0.1) is 0 Å². The number of carbonyl (C=O) groups excluding carboxylic acids is 1. The van der Waals surface area contributed by atoms with E-state index >= 15 is 0 Å². The van der Waals surface area contributed by atoms with Gasteiger partial charge in [-0.1, -0.05) is 25.7 Å². The molecule has 0 atom stereocenters. The van der Waals surface area contributed by atoms with Gasteiger partial charge in [-0.2, -0.15) is 0 Å². The molecule has 0 spiro atoms. The van der Waals surface area contributed by atoms with Gasteiger partial charge in [0.2, 0.25) is 0 Å². The Balaban J connectivity index is 2.31. The molecule has 0 aromatic rings. The zero-order valence-corrected chi connectivity index (χ0v) is 10.4. The van der Waals surface area contributed by atoms with Gasteiger partial charge in [0.25, 0.3) is 0 Å². The molecule has 0 aromatic heterocycles. The molecule has 0 bridgehead atoms. The standard InChI is InChI=1S/C12H24N2O2/c1-10(2)14-11(15)13-9-12(16)7-5-3-4-6-8-12/h10,16H,3-9H2,1-2H3,(H2,13,14,15). The zero-order chi connectivity index (χ0) is 12.0. The molecule has 4 nitrogen and oxygen atoms in total. The van der Waals surface area contributed by atoms with Crippen LogP contribution in [0.5, 0.6) is 0 Å². The van der Waals surface area contributed by atoms with Crippen molar-refractivity contribution in [3.8, 4) is 0 Å². The van der Waals surface area contributed by atoms with Crippen molar-refractivity contribution in [1.29, 1.82) is 0 Å². The van der Waals surface area contributed by atoms with E-state index in [1.807, 2.05) is 13.8 Å². The lowest BCUT2D eigenvalue weighted by Crippen LogP contribution is -2.47. The predicted octanol–water partition coefficient (Wildman–Crippen LogP) is 1.78. The van der Waals surface area contributed by atoms with E-state index in [1.165, 1.54) is 12.8 Å². The van der Waals surface area contributed by atoms with Gasteiger partial charge in [0.1, 0.15) is 0 Å². The van der Waals surface area contributed by atoms with E-state index in [-0.39, 0.29) is 12.1 Å². The lowest BCUT2D eigenvalue weighted by atomic mass is 9.95. The summed E-state index contributed by atoms with van der Waals surface area (Å²) in [6, 6.07) is -0.0588. The van der Waals surface area contributed by atoms with Crippen molar-refractivity contribution in [3.05, 3.63) is 0 Å². The van der Waals surface area contributed by atoms with Gasteiger partial charge < -0.3 is 15.7 Å². The first-order valence-electron chi connectivity index (χ1n) is 6.29. The minimum absolute atomic E-state index is 0.128. The second kappa shape index (κ2) is 6.09. The number of hydrogen-bond donors (Lipinski definition) is 3. The Morgan fingerprint density at radius 2 is 1.81 bits per heavy atom.